The van der Waals surface area contributed by atoms with Gasteiger partial charge >= 0.3 is 0 Å². The molecule has 0 atom stereocenters. The highest BCUT2D eigenvalue weighted by Crippen LogP contribution is 2.16. The Morgan fingerprint density at radius 3 is 2.64 bits per heavy atom. The minimum absolute atomic E-state index is 0.00755. The molecule has 1 aromatic rings. The highest BCUT2D eigenvalue weighted by atomic mass is 19.3. The van der Waals surface area contributed by atoms with E-state index in [2.05, 4.69) is 4.98 Å². The number of hydrogen-bond acceptors (Lipinski definition) is 3. The summed E-state index contributed by atoms with van der Waals surface area (Å²) in [5, 5.41) is 8.79. The summed E-state index contributed by atoms with van der Waals surface area (Å²) in [6, 6.07) is 1.02. The van der Waals surface area contributed by atoms with E-state index in [1.54, 1.807) is 0 Å². The number of nitrogens with two attached hydrogens (primary N) is 1. The molecule has 1 rings (SSSR count). The lowest BCUT2D eigenvalue weighted by Crippen LogP contribution is -2.18. The lowest BCUT2D eigenvalue weighted by Gasteiger charge is -2.06. The van der Waals surface area contributed by atoms with Crippen LogP contribution in [0.15, 0.2) is 10.9 Å². The van der Waals surface area contributed by atoms with Gasteiger partial charge in [-0.05, 0) is 11.6 Å². The van der Waals surface area contributed by atoms with E-state index in [1.807, 2.05) is 0 Å². The van der Waals surface area contributed by atoms with Gasteiger partial charge in [0.1, 0.15) is 0 Å². The van der Waals surface area contributed by atoms with Crippen molar-refractivity contribution in [1.82, 2.24) is 4.98 Å². The van der Waals surface area contributed by atoms with Gasteiger partial charge in [0.05, 0.1) is 12.2 Å². The molecule has 0 saturated carbocycles. The van der Waals surface area contributed by atoms with E-state index >= 15 is 0 Å². The summed E-state index contributed by atoms with van der Waals surface area (Å²) in [6.45, 7) is -0.433. The van der Waals surface area contributed by atoms with E-state index in [1.165, 1.54) is 0 Å². The van der Waals surface area contributed by atoms with Crippen LogP contribution < -0.4 is 11.3 Å². The molecular formula is C8H10F2N2O2. The predicted molar refractivity (Wildman–Crippen MR) is 45.8 cm³/mol. The molecule has 1 aromatic heterocycles. The lowest BCUT2D eigenvalue weighted by molar-refractivity contribution is 0.149. The third kappa shape index (κ3) is 1.97. The fourth-order valence-electron chi connectivity index (χ4n) is 1.12. The molecule has 0 fully saturated rings. The summed E-state index contributed by atoms with van der Waals surface area (Å²) >= 11 is 0. The van der Waals surface area contributed by atoms with Gasteiger partial charge in [-0.15, -0.1) is 0 Å². The Bertz CT molecular complexity index is 376. The number of halogens is 2. The number of rotatable bonds is 3. The maximum atomic E-state index is 12.3. The predicted octanol–water partition coefficient (Wildman–Crippen LogP) is 0.264. The molecule has 4 N–H and O–H groups in total. The second-order valence-electron chi connectivity index (χ2n) is 2.72. The van der Waals surface area contributed by atoms with Crippen molar-refractivity contribution in [3.63, 3.8) is 0 Å². The molecule has 0 saturated heterocycles. The molecule has 0 spiro atoms. The van der Waals surface area contributed by atoms with E-state index < -0.39 is 24.2 Å². The molecule has 0 unspecified atom stereocenters. The van der Waals surface area contributed by atoms with E-state index in [4.69, 9.17) is 10.8 Å². The number of aromatic amines is 1. The molecular weight excluding hydrogens is 194 g/mol. The summed E-state index contributed by atoms with van der Waals surface area (Å²) in [5.41, 5.74) is 4.26. The average Bonchev–Trinajstić information content (AvgIpc) is 2.16. The van der Waals surface area contributed by atoms with Crippen LogP contribution in [-0.4, -0.2) is 10.1 Å². The fraction of sp³-hybridized carbons (Fsp3) is 0.375. The van der Waals surface area contributed by atoms with Gasteiger partial charge in [0, 0.05) is 12.2 Å². The summed E-state index contributed by atoms with van der Waals surface area (Å²) in [6.07, 6.45) is -2.84. The monoisotopic (exact) mass is 204 g/mol. The van der Waals surface area contributed by atoms with Crippen LogP contribution in [0.1, 0.15) is 23.2 Å². The van der Waals surface area contributed by atoms with Crippen molar-refractivity contribution < 1.29 is 13.9 Å². The van der Waals surface area contributed by atoms with E-state index in [0.29, 0.717) is 5.56 Å². The molecule has 0 aliphatic carbocycles. The van der Waals surface area contributed by atoms with Gasteiger partial charge in [-0.25, -0.2) is 8.78 Å². The number of H-pyrrole nitrogens is 1. The number of aliphatic hydroxyl groups is 1. The first-order valence-corrected chi connectivity index (χ1v) is 3.94. The van der Waals surface area contributed by atoms with Crippen LogP contribution in [0.5, 0.6) is 0 Å². The number of alkyl halides is 2. The quantitative estimate of drug-likeness (QED) is 0.660. The number of hydrogen-bond donors (Lipinski definition) is 3. The summed E-state index contributed by atoms with van der Waals surface area (Å²) in [5.74, 6) is 0. The van der Waals surface area contributed by atoms with Crippen molar-refractivity contribution in [2.24, 2.45) is 5.73 Å². The number of aromatic nitrogens is 1. The smallest absolute Gasteiger partial charge is 0.269 e. The van der Waals surface area contributed by atoms with Crippen LogP contribution in [0.2, 0.25) is 0 Å². The molecule has 0 aromatic carbocycles. The molecule has 14 heavy (non-hydrogen) atoms. The summed E-state index contributed by atoms with van der Waals surface area (Å²) < 4.78 is 24.5. The van der Waals surface area contributed by atoms with Gasteiger partial charge in [-0.3, -0.25) is 4.79 Å². The van der Waals surface area contributed by atoms with Crippen LogP contribution in [-0.2, 0) is 13.2 Å². The van der Waals surface area contributed by atoms with Crippen LogP contribution in [0, 0.1) is 0 Å². The molecule has 0 aliphatic heterocycles. The van der Waals surface area contributed by atoms with E-state index in [0.717, 1.165) is 6.07 Å². The Balaban J connectivity index is 3.31. The first-order chi connectivity index (χ1) is 6.60. The summed E-state index contributed by atoms with van der Waals surface area (Å²) in [7, 11) is 0. The van der Waals surface area contributed by atoms with Gasteiger partial charge in [-0.2, -0.15) is 0 Å². The third-order valence-electron chi connectivity index (χ3n) is 1.86. The Hall–Kier alpha value is -1.27. The minimum atomic E-state index is -2.84. The Morgan fingerprint density at radius 2 is 2.21 bits per heavy atom. The van der Waals surface area contributed by atoms with Gasteiger partial charge in [-0.1, -0.05) is 0 Å². The van der Waals surface area contributed by atoms with Crippen LogP contribution >= 0.6 is 0 Å². The Labute approximate surface area is 78.4 Å². The van der Waals surface area contributed by atoms with Crippen molar-refractivity contribution >= 4 is 0 Å². The van der Waals surface area contributed by atoms with E-state index in [-0.39, 0.29) is 12.2 Å². The van der Waals surface area contributed by atoms with Crippen molar-refractivity contribution in [1.29, 1.82) is 0 Å². The van der Waals surface area contributed by atoms with Crippen molar-refractivity contribution in [2.45, 2.75) is 19.6 Å². The SMILES string of the molecule is NCc1cc(C(F)F)c(=O)[nH]c1CO. The van der Waals surface area contributed by atoms with Gasteiger partial charge in [0.25, 0.3) is 12.0 Å². The van der Waals surface area contributed by atoms with Crippen LogP contribution in [0.4, 0.5) is 8.78 Å². The zero-order valence-electron chi connectivity index (χ0n) is 7.26. The topological polar surface area (TPSA) is 79.1 Å². The number of pyridine rings is 1. The molecule has 0 aliphatic rings. The first kappa shape index (κ1) is 10.8. The molecule has 6 heteroatoms. The largest absolute Gasteiger partial charge is 0.390 e. The minimum Gasteiger partial charge on any atom is -0.390 e. The van der Waals surface area contributed by atoms with Crippen molar-refractivity contribution in [3.8, 4) is 0 Å². The van der Waals surface area contributed by atoms with E-state index in [9.17, 15) is 13.6 Å². The standard InChI is InChI=1S/C8H10F2N2O2/c9-7(10)5-1-4(2-11)6(3-13)12-8(5)14/h1,7,13H,2-3,11H2,(H,12,14). The fourth-order valence-corrected chi connectivity index (χ4v) is 1.12. The zero-order valence-corrected chi connectivity index (χ0v) is 7.26. The maximum Gasteiger partial charge on any atom is 0.269 e. The van der Waals surface area contributed by atoms with Crippen molar-refractivity contribution in [2.75, 3.05) is 0 Å². The molecule has 0 radical (unpaired) electrons. The highest BCUT2D eigenvalue weighted by molar-refractivity contribution is 5.25. The first-order valence-electron chi connectivity index (χ1n) is 3.94. The molecule has 0 amide bonds. The van der Waals surface area contributed by atoms with Crippen LogP contribution in [0.3, 0.4) is 0 Å². The molecule has 78 valence electrons. The zero-order chi connectivity index (χ0) is 10.7. The van der Waals surface area contributed by atoms with Gasteiger partial charge in [0.15, 0.2) is 0 Å². The maximum absolute atomic E-state index is 12.3. The number of aliphatic hydroxyl groups excluding tert-OH is 1. The Kier molecular flexibility index (Phi) is 3.32. The lowest BCUT2D eigenvalue weighted by atomic mass is 10.1. The second kappa shape index (κ2) is 4.30. The van der Waals surface area contributed by atoms with Gasteiger partial charge < -0.3 is 15.8 Å². The average molecular weight is 204 g/mol. The Morgan fingerprint density at radius 1 is 1.57 bits per heavy atom. The number of nitrogens with one attached hydrogen (secondary N) is 1. The normalized spacial score (nSPS) is 10.9. The molecule has 0 bridgehead atoms. The third-order valence-corrected chi connectivity index (χ3v) is 1.86. The molecule has 4 nitrogen and oxygen atoms in total. The van der Waals surface area contributed by atoms with Gasteiger partial charge in [0.2, 0.25) is 0 Å². The highest BCUT2D eigenvalue weighted by Gasteiger charge is 2.14. The summed E-state index contributed by atoms with van der Waals surface area (Å²) in [4.78, 5) is 13.2. The second-order valence-corrected chi connectivity index (χ2v) is 2.72. The molecule has 1 heterocycles. The van der Waals surface area contributed by atoms with Crippen LogP contribution in [0.25, 0.3) is 0 Å². The van der Waals surface area contributed by atoms with Crippen molar-refractivity contribution in [3.05, 3.63) is 33.2 Å².